The van der Waals surface area contributed by atoms with Crippen LogP contribution < -0.4 is 11.1 Å². The van der Waals surface area contributed by atoms with Crippen molar-refractivity contribution in [3.63, 3.8) is 0 Å². The largest absolute Gasteiger partial charge is 0.462 e. The Kier molecular flexibility index (Phi) is 6.94. The minimum absolute atomic E-state index is 0. The summed E-state index contributed by atoms with van der Waals surface area (Å²) in [6.07, 6.45) is 1.47. The van der Waals surface area contributed by atoms with Crippen molar-refractivity contribution in [2.24, 2.45) is 5.73 Å². The van der Waals surface area contributed by atoms with E-state index in [0.717, 1.165) is 5.69 Å². The molecule has 0 fully saturated rings. The molecule has 0 spiro atoms. The van der Waals surface area contributed by atoms with Gasteiger partial charge < -0.3 is 15.8 Å². The van der Waals surface area contributed by atoms with Crippen molar-refractivity contribution in [3.8, 4) is 5.69 Å². The van der Waals surface area contributed by atoms with Gasteiger partial charge in [-0.15, -0.1) is 12.4 Å². The number of carbonyl (C=O) groups excluding carboxylic acids is 2. The summed E-state index contributed by atoms with van der Waals surface area (Å²) < 4.78 is 6.62. The number of nitrogens with one attached hydrogen (secondary N) is 1. The summed E-state index contributed by atoms with van der Waals surface area (Å²) in [7, 11) is 0. The van der Waals surface area contributed by atoms with Crippen LogP contribution in [0.25, 0.3) is 5.69 Å². The molecule has 2 aromatic rings. The Morgan fingerprint density at radius 2 is 2.12 bits per heavy atom. The summed E-state index contributed by atoms with van der Waals surface area (Å²) >= 11 is 0. The average molecular weight is 353 g/mol. The van der Waals surface area contributed by atoms with Gasteiger partial charge in [0.1, 0.15) is 5.56 Å². The van der Waals surface area contributed by atoms with E-state index in [1.54, 1.807) is 43.7 Å². The molecule has 0 bridgehead atoms. The first kappa shape index (κ1) is 19.7. The number of anilines is 1. The monoisotopic (exact) mass is 352 g/mol. The molecule has 0 aliphatic carbocycles. The van der Waals surface area contributed by atoms with Gasteiger partial charge in [-0.25, -0.2) is 9.48 Å². The quantitative estimate of drug-likeness (QED) is 0.802. The van der Waals surface area contributed by atoms with Crippen LogP contribution in [-0.4, -0.2) is 34.3 Å². The Labute approximate surface area is 146 Å². The van der Waals surface area contributed by atoms with E-state index in [-0.39, 0.29) is 18.3 Å². The molecule has 0 aliphatic heterocycles. The number of esters is 1. The maximum Gasteiger partial charge on any atom is 0.341 e. The molecule has 1 unspecified atom stereocenters. The molecule has 2 rings (SSSR count). The van der Waals surface area contributed by atoms with Crippen LogP contribution in [0.4, 0.5) is 5.69 Å². The van der Waals surface area contributed by atoms with Crippen LogP contribution >= 0.6 is 12.4 Å². The minimum Gasteiger partial charge on any atom is -0.462 e. The normalized spacial score (nSPS) is 11.3. The number of hydrogen-bond acceptors (Lipinski definition) is 5. The molecule has 7 nitrogen and oxygen atoms in total. The average Bonchev–Trinajstić information content (AvgIpc) is 2.89. The zero-order valence-electron chi connectivity index (χ0n) is 13.8. The molecule has 24 heavy (non-hydrogen) atoms. The third kappa shape index (κ3) is 4.33. The number of halogens is 1. The SMILES string of the molecule is CCOC(=O)c1cnn(-c2cccc(NC(=O)C(C)N)c2)c1C.Cl. The van der Waals surface area contributed by atoms with Crippen LogP contribution in [0.2, 0.25) is 0 Å². The minimum atomic E-state index is -0.597. The zero-order valence-corrected chi connectivity index (χ0v) is 14.6. The summed E-state index contributed by atoms with van der Waals surface area (Å²) in [6, 6.07) is 6.54. The standard InChI is InChI=1S/C16H20N4O3.ClH/c1-4-23-16(22)14-9-18-20(11(14)3)13-7-5-6-12(8-13)19-15(21)10(2)17;/h5-10H,4,17H2,1-3H3,(H,19,21);1H. The lowest BCUT2D eigenvalue weighted by Crippen LogP contribution is -2.32. The van der Waals surface area contributed by atoms with E-state index < -0.39 is 12.0 Å². The maximum atomic E-state index is 11.9. The second-order valence-electron chi connectivity index (χ2n) is 5.10. The van der Waals surface area contributed by atoms with Gasteiger partial charge in [0, 0.05) is 5.69 Å². The number of carbonyl (C=O) groups is 2. The summed E-state index contributed by atoms with van der Waals surface area (Å²) in [5, 5.41) is 6.95. The van der Waals surface area contributed by atoms with Crippen molar-refractivity contribution in [2.45, 2.75) is 26.8 Å². The Hall–Kier alpha value is -2.38. The van der Waals surface area contributed by atoms with Crippen LogP contribution in [0.3, 0.4) is 0 Å². The highest BCUT2D eigenvalue weighted by Gasteiger charge is 2.16. The van der Waals surface area contributed by atoms with Crippen molar-refractivity contribution >= 4 is 30.0 Å². The first-order chi connectivity index (χ1) is 10.9. The first-order valence-electron chi connectivity index (χ1n) is 7.32. The second kappa shape index (κ2) is 8.47. The van der Waals surface area contributed by atoms with Gasteiger partial charge in [0.05, 0.1) is 30.2 Å². The lowest BCUT2D eigenvalue weighted by atomic mass is 10.2. The molecular formula is C16H21ClN4O3. The van der Waals surface area contributed by atoms with Crippen LogP contribution in [0.5, 0.6) is 0 Å². The number of hydrogen-bond donors (Lipinski definition) is 2. The molecule has 0 aliphatic rings. The number of ether oxygens (including phenoxy) is 1. The molecule has 1 amide bonds. The Morgan fingerprint density at radius 1 is 1.42 bits per heavy atom. The van der Waals surface area contributed by atoms with Gasteiger partial charge in [-0.05, 0) is 39.0 Å². The summed E-state index contributed by atoms with van der Waals surface area (Å²) in [5.41, 5.74) is 7.95. The fourth-order valence-electron chi connectivity index (χ4n) is 2.05. The highest BCUT2D eigenvalue weighted by Crippen LogP contribution is 2.18. The van der Waals surface area contributed by atoms with E-state index in [2.05, 4.69) is 10.4 Å². The van der Waals surface area contributed by atoms with Crippen LogP contribution in [0, 0.1) is 6.92 Å². The van der Waals surface area contributed by atoms with Crippen molar-refractivity contribution < 1.29 is 14.3 Å². The van der Waals surface area contributed by atoms with Crippen molar-refractivity contribution in [1.82, 2.24) is 9.78 Å². The highest BCUT2D eigenvalue weighted by molar-refractivity contribution is 5.94. The molecule has 0 saturated carbocycles. The lowest BCUT2D eigenvalue weighted by Gasteiger charge is -2.10. The van der Waals surface area contributed by atoms with E-state index in [1.807, 2.05) is 6.07 Å². The predicted octanol–water partition coefficient (Wildman–Crippen LogP) is 2.06. The van der Waals surface area contributed by atoms with Gasteiger partial charge in [0.2, 0.25) is 5.91 Å². The van der Waals surface area contributed by atoms with Crippen molar-refractivity contribution in [2.75, 3.05) is 11.9 Å². The summed E-state index contributed by atoms with van der Waals surface area (Å²) in [6.45, 7) is 5.46. The van der Waals surface area contributed by atoms with Crippen molar-refractivity contribution in [1.29, 1.82) is 0 Å². The summed E-state index contributed by atoms with van der Waals surface area (Å²) in [5.74, 6) is -0.677. The van der Waals surface area contributed by atoms with Gasteiger partial charge >= 0.3 is 5.97 Å². The smallest absolute Gasteiger partial charge is 0.341 e. The van der Waals surface area contributed by atoms with Crippen molar-refractivity contribution in [3.05, 3.63) is 41.7 Å². The molecule has 0 radical (unpaired) electrons. The first-order valence-corrected chi connectivity index (χ1v) is 7.32. The third-order valence-electron chi connectivity index (χ3n) is 3.28. The van der Waals surface area contributed by atoms with Crippen LogP contribution in [0.1, 0.15) is 29.9 Å². The second-order valence-corrected chi connectivity index (χ2v) is 5.10. The van der Waals surface area contributed by atoms with E-state index in [1.165, 1.54) is 6.20 Å². The highest BCUT2D eigenvalue weighted by atomic mass is 35.5. The van der Waals surface area contributed by atoms with E-state index in [9.17, 15) is 9.59 Å². The number of amides is 1. The van der Waals surface area contributed by atoms with E-state index >= 15 is 0 Å². The van der Waals surface area contributed by atoms with E-state index in [4.69, 9.17) is 10.5 Å². The van der Waals surface area contributed by atoms with E-state index in [0.29, 0.717) is 23.6 Å². The number of nitrogens with two attached hydrogens (primary N) is 1. The Balaban J connectivity index is 0.00000288. The number of benzene rings is 1. The Morgan fingerprint density at radius 3 is 2.75 bits per heavy atom. The molecule has 8 heteroatoms. The molecular weight excluding hydrogens is 332 g/mol. The fourth-order valence-corrected chi connectivity index (χ4v) is 2.05. The lowest BCUT2D eigenvalue weighted by molar-refractivity contribution is -0.117. The van der Waals surface area contributed by atoms with Gasteiger partial charge in [-0.2, -0.15) is 5.10 Å². The summed E-state index contributed by atoms with van der Waals surface area (Å²) in [4.78, 5) is 23.5. The topological polar surface area (TPSA) is 99.2 Å². The fraction of sp³-hybridized carbons (Fsp3) is 0.312. The molecule has 0 saturated heterocycles. The third-order valence-corrected chi connectivity index (χ3v) is 3.28. The molecule has 1 aromatic carbocycles. The molecule has 1 aromatic heterocycles. The van der Waals surface area contributed by atoms with Gasteiger partial charge in [-0.3, -0.25) is 4.79 Å². The van der Waals surface area contributed by atoms with Gasteiger partial charge in [0.25, 0.3) is 0 Å². The predicted molar refractivity (Wildman–Crippen MR) is 93.8 cm³/mol. The maximum absolute atomic E-state index is 11.9. The molecule has 3 N–H and O–H groups in total. The number of aromatic nitrogens is 2. The van der Waals surface area contributed by atoms with Gasteiger partial charge in [-0.1, -0.05) is 6.07 Å². The Bertz CT molecular complexity index is 728. The molecule has 130 valence electrons. The molecule has 1 heterocycles. The number of rotatable bonds is 5. The van der Waals surface area contributed by atoms with Crippen LogP contribution in [0.15, 0.2) is 30.5 Å². The zero-order chi connectivity index (χ0) is 17.0. The molecule has 1 atom stereocenters. The number of nitrogens with zero attached hydrogens (tertiary/aromatic N) is 2. The van der Waals surface area contributed by atoms with Crippen LogP contribution in [-0.2, 0) is 9.53 Å². The van der Waals surface area contributed by atoms with Gasteiger partial charge in [0.15, 0.2) is 0 Å².